The second-order valence-electron chi connectivity index (χ2n) is 8.19. The smallest absolute Gasteiger partial charge is 0.201 e. The van der Waals surface area contributed by atoms with E-state index in [9.17, 15) is 13.2 Å². The molecule has 0 spiro atoms. The molecule has 5 heteroatoms. The van der Waals surface area contributed by atoms with E-state index in [1.54, 1.807) is 43.3 Å². The first kappa shape index (κ1) is 22.4. The zero-order chi connectivity index (χ0) is 22.5. The molecule has 3 aromatic rings. The maximum atomic E-state index is 14.8. The van der Waals surface area contributed by atoms with Crippen LogP contribution in [-0.2, 0) is 11.2 Å². The van der Waals surface area contributed by atoms with E-state index in [-0.39, 0.29) is 23.7 Å². The van der Waals surface area contributed by atoms with Crippen molar-refractivity contribution in [3.63, 3.8) is 0 Å². The summed E-state index contributed by atoms with van der Waals surface area (Å²) in [6.07, 6.45) is 4.09. The molecular formula is C27H27F3O2. The fraction of sp³-hybridized carbons (Fsp3) is 0.333. The normalized spacial score (nSPS) is 16.2. The molecule has 1 fully saturated rings. The number of halogens is 3. The van der Waals surface area contributed by atoms with Gasteiger partial charge in [-0.15, -0.1) is 0 Å². The third-order valence-electron chi connectivity index (χ3n) is 5.98. The van der Waals surface area contributed by atoms with E-state index >= 15 is 0 Å². The van der Waals surface area contributed by atoms with Gasteiger partial charge in [-0.1, -0.05) is 36.4 Å². The van der Waals surface area contributed by atoms with Gasteiger partial charge in [0.2, 0.25) is 5.82 Å². The minimum Gasteiger partial charge on any atom is -0.491 e. The second-order valence-corrected chi connectivity index (χ2v) is 8.19. The standard InChI is InChI=1S/C27H27F3O2/c1-2-32-25-14-13-23(26(29)27(25)30)21-10-8-20(9-11-21)22-12-7-18(16-24(22)28)5-6-19-4-3-15-31-17-19/h7-14,16,19H,2-6,15,17H2,1H3. The molecule has 0 saturated carbocycles. The number of ether oxygens (including phenoxy) is 2. The van der Waals surface area contributed by atoms with Crippen LogP contribution in [0.1, 0.15) is 31.7 Å². The Morgan fingerprint density at radius 3 is 2.28 bits per heavy atom. The summed E-state index contributed by atoms with van der Waals surface area (Å²) in [6, 6.07) is 15.0. The summed E-state index contributed by atoms with van der Waals surface area (Å²) in [6.45, 7) is 3.61. The van der Waals surface area contributed by atoms with Gasteiger partial charge in [-0.25, -0.2) is 8.78 Å². The van der Waals surface area contributed by atoms with Crippen LogP contribution in [0.5, 0.6) is 5.75 Å². The molecule has 1 atom stereocenters. The first-order valence-electron chi connectivity index (χ1n) is 11.1. The Morgan fingerprint density at radius 1 is 0.906 bits per heavy atom. The zero-order valence-corrected chi connectivity index (χ0v) is 18.2. The summed E-state index contributed by atoms with van der Waals surface area (Å²) in [5.74, 6) is -1.80. The van der Waals surface area contributed by atoms with Crippen LogP contribution in [-0.4, -0.2) is 19.8 Å². The second kappa shape index (κ2) is 10.2. The Balaban J connectivity index is 1.48. The van der Waals surface area contributed by atoms with E-state index in [4.69, 9.17) is 9.47 Å². The number of aryl methyl sites for hydroxylation is 1. The predicted molar refractivity (Wildman–Crippen MR) is 120 cm³/mol. The summed E-state index contributed by atoms with van der Waals surface area (Å²) in [4.78, 5) is 0. The van der Waals surface area contributed by atoms with E-state index in [1.807, 2.05) is 6.07 Å². The molecule has 2 nitrogen and oxygen atoms in total. The number of benzene rings is 3. The lowest BCUT2D eigenvalue weighted by Crippen LogP contribution is -2.17. The van der Waals surface area contributed by atoms with Crippen molar-refractivity contribution in [1.82, 2.24) is 0 Å². The molecule has 0 amide bonds. The third-order valence-corrected chi connectivity index (χ3v) is 5.98. The lowest BCUT2D eigenvalue weighted by atomic mass is 9.93. The number of hydrogen-bond donors (Lipinski definition) is 0. The fourth-order valence-corrected chi connectivity index (χ4v) is 4.21. The molecule has 1 saturated heterocycles. The van der Waals surface area contributed by atoms with E-state index in [0.29, 0.717) is 22.6 Å². The molecule has 1 unspecified atom stereocenters. The summed E-state index contributed by atoms with van der Waals surface area (Å²) in [7, 11) is 0. The molecule has 1 aliphatic heterocycles. The molecule has 0 aliphatic carbocycles. The highest BCUT2D eigenvalue weighted by Crippen LogP contribution is 2.32. The number of rotatable bonds is 7. The molecule has 0 aromatic heterocycles. The van der Waals surface area contributed by atoms with E-state index in [2.05, 4.69) is 0 Å². The van der Waals surface area contributed by atoms with E-state index in [0.717, 1.165) is 38.0 Å². The van der Waals surface area contributed by atoms with Crippen molar-refractivity contribution in [2.45, 2.75) is 32.6 Å². The monoisotopic (exact) mass is 440 g/mol. The minimum atomic E-state index is -1.00. The molecule has 0 bridgehead atoms. The fourth-order valence-electron chi connectivity index (χ4n) is 4.21. The average molecular weight is 441 g/mol. The molecule has 1 aliphatic rings. The van der Waals surface area contributed by atoms with Crippen molar-refractivity contribution >= 4 is 0 Å². The highest BCUT2D eigenvalue weighted by atomic mass is 19.2. The Morgan fingerprint density at radius 2 is 1.62 bits per heavy atom. The van der Waals surface area contributed by atoms with Gasteiger partial charge in [0, 0.05) is 24.3 Å². The molecule has 168 valence electrons. The van der Waals surface area contributed by atoms with Gasteiger partial charge in [0.1, 0.15) is 5.82 Å². The van der Waals surface area contributed by atoms with Gasteiger partial charge in [-0.05, 0) is 73.4 Å². The van der Waals surface area contributed by atoms with Crippen molar-refractivity contribution in [1.29, 1.82) is 0 Å². The molecule has 32 heavy (non-hydrogen) atoms. The maximum Gasteiger partial charge on any atom is 0.201 e. The van der Waals surface area contributed by atoms with Crippen molar-refractivity contribution in [3.05, 3.63) is 77.6 Å². The quantitative estimate of drug-likeness (QED) is 0.387. The van der Waals surface area contributed by atoms with Gasteiger partial charge in [-0.2, -0.15) is 4.39 Å². The van der Waals surface area contributed by atoms with Crippen LogP contribution in [0.25, 0.3) is 22.3 Å². The topological polar surface area (TPSA) is 18.5 Å². The molecule has 3 aromatic carbocycles. The van der Waals surface area contributed by atoms with Crippen LogP contribution in [0.3, 0.4) is 0 Å². The van der Waals surface area contributed by atoms with Gasteiger partial charge in [0.15, 0.2) is 11.6 Å². The highest BCUT2D eigenvalue weighted by Gasteiger charge is 2.17. The first-order chi connectivity index (χ1) is 15.6. The Hall–Kier alpha value is -2.79. The van der Waals surface area contributed by atoms with Crippen molar-refractivity contribution in [2.24, 2.45) is 5.92 Å². The maximum absolute atomic E-state index is 14.8. The van der Waals surface area contributed by atoms with Gasteiger partial charge >= 0.3 is 0 Å². The van der Waals surface area contributed by atoms with Crippen molar-refractivity contribution < 1.29 is 22.6 Å². The third kappa shape index (κ3) is 4.99. The molecule has 1 heterocycles. The van der Waals surface area contributed by atoms with Crippen molar-refractivity contribution in [3.8, 4) is 28.0 Å². The number of hydrogen-bond acceptors (Lipinski definition) is 2. The predicted octanol–water partition coefficient (Wildman–Crippen LogP) is 7.20. The van der Waals surface area contributed by atoms with Crippen LogP contribution in [0.15, 0.2) is 54.6 Å². The van der Waals surface area contributed by atoms with E-state index in [1.165, 1.54) is 18.6 Å². The van der Waals surface area contributed by atoms with Crippen LogP contribution >= 0.6 is 0 Å². The first-order valence-corrected chi connectivity index (χ1v) is 11.1. The molecule has 4 rings (SSSR count). The van der Waals surface area contributed by atoms with Gasteiger partial charge in [0.25, 0.3) is 0 Å². The van der Waals surface area contributed by atoms with E-state index < -0.39 is 11.6 Å². The molecular weight excluding hydrogens is 413 g/mol. The average Bonchev–Trinajstić information content (AvgIpc) is 2.82. The van der Waals surface area contributed by atoms with Crippen LogP contribution in [0.4, 0.5) is 13.2 Å². The summed E-state index contributed by atoms with van der Waals surface area (Å²) in [5.41, 5.74) is 2.80. The Kier molecular flexibility index (Phi) is 7.15. The molecule has 0 N–H and O–H groups in total. The van der Waals surface area contributed by atoms with Gasteiger partial charge in [-0.3, -0.25) is 0 Å². The largest absolute Gasteiger partial charge is 0.491 e. The Bertz CT molecular complexity index is 1060. The highest BCUT2D eigenvalue weighted by molar-refractivity contribution is 5.71. The summed E-state index contributed by atoms with van der Waals surface area (Å²) >= 11 is 0. The Labute approximate surface area is 187 Å². The van der Waals surface area contributed by atoms with Crippen LogP contribution in [0, 0.1) is 23.4 Å². The SMILES string of the molecule is CCOc1ccc(-c2ccc(-c3ccc(CCC4CCCOC4)cc3F)cc2)c(F)c1F. The van der Waals surface area contributed by atoms with Crippen molar-refractivity contribution in [2.75, 3.05) is 19.8 Å². The van der Waals surface area contributed by atoms with Gasteiger partial charge in [0.05, 0.1) is 6.61 Å². The lowest BCUT2D eigenvalue weighted by molar-refractivity contribution is 0.0518. The molecule has 0 radical (unpaired) electrons. The van der Waals surface area contributed by atoms with Crippen LogP contribution < -0.4 is 4.74 Å². The van der Waals surface area contributed by atoms with Crippen LogP contribution in [0.2, 0.25) is 0 Å². The summed E-state index contributed by atoms with van der Waals surface area (Å²) in [5, 5.41) is 0. The zero-order valence-electron chi connectivity index (χ0n) is 18.2. The lowest BCUT2D eigenvalue weighted by Gasteiger charge is -2.21. The summed E-state index contributed by atoms with van der Waals surface area (Å²) < 4.78 is 54.1. The minimum absolute atomic E-state index is 0.108. The van der Waals surface area contributed by atoms with Gasteiger partial charge < -0.3 is 9.47 Å².